The van der Waals surface area contributed by atoms with Crippen molar-refractivity contribution in [2.24, 2.45) is 0 Å². The average Bonchev–Trinajstić information content (AvgIpc) is 2.38. The summed E-state index contributed by atoms with van der Waals surface area (Å²) in [5.41, 5.74) is 0.209. The van der Waals surface area contributed by atoms with Crippen LogP contribution in [0.1, 0.15) is 23.7 Å². The molecule has 1 saturated heterocycles. The molecule has 1 heterocycles. The Bertz CT molecular complexity index is 431. The van der Waals surface area contributed by atoms with Crippen molar-refractivity contribution in [1.82, 2.24) is 10.2 Å². The van der Waals surface area contributed by atoms with E-state index >= 15 is 0 Å². The minimum atomic E-state index is -0.421. The molecule has 0 radical (unpaired) electrons. The largest absolute Gasteiger partial charge is 0.314 e. The fraction of sp³-hybridized carbons (Fsp3) is 0.500. The van der Waals surface area contributed by atoms with Crippen LogP contribution in [0.2, 0.25) is 0 Å². The van der Waals surface area contributed by atoms with E-state index in [1.165, 1.54) is 6.07 Å². The Morgan fingerprint density at radius 1 is 1.40 bits per heavy atom. The van der Waals surface area contributed by atoms with Crippen molar-refractivity contribution < 1.29 is 9.18 Å². The summed E-state index contributed by atoms with van der Waals surface area (Å²) in [6.45, 7) is 5.70. The van der Waals surface area contributed by atoms with E-state index in [2.05, 4.69) is 17.1 Å². The standard InChI is InChI=1S/C14H19FN2O.2ClH/c1-11-10-16-7-9-17(11)8-6-14(18)12-4-2-3-5-13(12)15;;/h2-5,11,16H,6-10H2,1H3;2*1H. The first-order valence-electron chi connectivity index (χ1n) is 6.41. The number of carbonyl (C=O) groups is 1. The molecule has 6 heteroatoms. The first-order chi connectivity index (χ1) is 8.68. The van der Waals surface area contributed by atoms with Gasteiger partial charge in [-0.05, 0) is 19.1 Å². The fourth-order valence-electron chi connectivity index (χ4n) is 2.28. The van der Waals surface area contributed by atoms with Crippen molar-refractivity contribution in [2.45, 2.75) is 19.4 Å². The van der Waals surface area contributed by atoms with Gasteiger partial charge >= 0.3 is 0 Å². The van der Waals surface area contributed by atoms with E-state index in [0.29, 0.717) is 19.0 Å². The smallest absolute Gasteiger partial charge is 0.167 e. The van der Waals surface area contributed by atoms with E-state index in [1.54, 1.807) is 18.2 Å². The van der Waals surface area contributed by atoms with Gasteiger partial charge in [0.2, 0.25) is 0 Å². The summed E-state index contributed by atoms with van der Waals surface area (Å²) < 4.78 is 13.4. The molecule has 1 aromatic rings. The SMILES string of the molecule is CC1CNCCN1CCC(=O)c1ccccc1F.Cl.Cl. The molecule has 0 spiro atoms. The van der Waals surface area contributed by atoms with Gasteiger partial charge in [-0.15, -0.1) is 24.8 Å². The summed E-state index contributed by atoms with van der Waals surface area (Å²) in [4.78, 5) is 14.2. The molecule has 0 bridgehead atoms. The maximum absolute atomic E-state index is 13.4. The zero-order valence-electron chi connectivity index (χ0n) is 11.5. The minimum absolute atomic E-state index is 0. The lowest BCUT2D eigenvalue weighted by Gasteiger charge is -2.33. The van der Waals surface area contributed by atoms with Gasteiger partial charge in [0.1, 0.15) is 5.82 Å². The predicted octanol–water partition coefficient (Wildman–Crippen LogP) is 2.54. The normalized spacial score (nSPS) is 18.8. The van der Waals surface area contributed by atoms with Crippen LogP contribution in [0.4, 0.5) is 4.39 Å². The van der Waals surface area contributed by atoms with Gasteiger partial charge in [0.25, 0.3) is 0 Å². The third-order valence-corrected chi connectivity index (χ3v) is 3.44. The van der Waals surface area contributed by atoms with Crippen LogP contribution in [0.25, 0.3) is 0 Å². The Morgan fingerprint density at radius 2 is 2.10 bits per heavy atom. The predicted molar refractivity (Wildman–Crippen MR) is 83.7 cm³/mol. The van der Waals surface area contributed by atoms with Crippen molar-refractivity contribution in [3.05, 3.63) is 35.6 Å². The number of ketones is 1. The zero-order valence-corrected chi connectivity index (χ0v) is 13.1. The van der Waals surface area contributed by atoms with Gasteiger partial charge in [0.05, 0.1) is 5.56 Å². The number of nitrogens with one attached hydrogen (secondary N) is 1. The molecule has 1 N–H and O–H groups in total. The molecule has 0 aromatic heterocycles. The molecule has 2 rings (SSSR count). The first kappa shape index (κ1) is 19.3. The van der Waals surface area contributed by atoms with Gasteiger partial charge in [-0.3, -0.25) is 9.69 Å². The highest BCUT2D eigenvalue weighted by molar-refractivity contribution is 5.96. The van der Waals surface area contributed by atoms with E-state index in [4.69, 9.17) is 0 Å². The molecule has 1 unspecified atom stereocenters. The fourth-order valence-corrected chi connectivity index (χ4v) is 2.28. The second-order valence-electron chi connectivity index (χ2n) is 4.74. The monoisotopic (exact) mass is 322 g/mol. The lowest BCUT2D eigenvalue weighted by atomic mass is 10.1. The maximum Gasteiger partial charge on any atom is 0.167 e. The molecule has 1 aliphatic rings. The Balaban J connectivity index is 0.00000180. The second kappa shape index (κ2) is 9.29. The van der Waals surface area contributed by atoms with Gasteiger partial charge < -0.3 is 5.32 Å². The molecular formula is C14H21Cl2FN2O. The van der Waals surface area contributed by atoms with Crippen molar-refractivity contribution >= 4 is 30.6 Å². The van der Waals surface area contributed by atoms with Crippen LogP contribution >= 0.6 is 24.8 Å². The molecular weight excluding hydrogens is 302 g/mol. The van der Waals surface area contributed by atoms with E-state index in [-0.39, 0.29) is 36.2 Å². The number of hydrogen-bond donors (Lipinski definition) is 1. The number of halogens is 3. The second-order valence-corrected chi connectivity index (χ2v) is 4.74. The Kier molecular flexibility index (Phi) is 8.98. The summed E-state index contributed by atoms with van der Waals surface area (Å²) in [6, 6.07) is 6.63. The highest BCUT2D eigenvalue weighted by Crippen LogP contribution is 2.11. The van der Waals surface area contributed by atoms with Gasteiger partial charge in [0, 0.05) is 38.6 Å². The number of hydrogen-bond acceptors (Lipinski definition) is 3. The van der Waals surface area contributed by atoms with E-state index in [9.17, 15) is 9.18 Å². The third-order valence-electron chi connectivity index (χ3n) is 3.44. The molecule has 1 aromatic carbocycles. The van der Waals surface area contributed by atoms with Gasteiger partial charge in [-0.1, -0.05) is 12.1 Å². The lowest BCUT2D eigenvalue weighted by molar-refractivity contribution is 0.0938. The van der Waals surface area contributed by atoms with Crippen LogP contribution in [-0.2, 0) is 0 Å². The summed E-state index contributed by atoms with van der Waals surface area (Å²) in [6.07, 6.45) is 0.380. The van der Waals surface area contributed by atoms with E-state index in [0.717, 1.165) is 19.6 Å². The zero-order chi connectivity index (χ0) is 13.0. The van der Waals surface area contributed by atoms with Crippen LogP contribution in [-0.4, -0.2) is 42.9 Å². The van der Waals surface area contributed by atoms with Crippen LogP contribution in [0, 0.1) is 5.82 Å². The van der Waals surface area contributed by atoms with Crippen molar-refractivity contribution in [1.29, 1.82) is 0 Å². The van der Waals surface area contributed by atoms with E-state index in [1.807, 2.05) is 0 Å². The maximum atomic E-state index is 13.4. The quantitative estimate of drug-likeness (QED) is 0.865. The number of rotatable bonds is 4. The molecule has 3 nitrogen and oxygen atoms in total. The van der Waals surface area contributed by atoms with Crippen molar-refractivity contribution in [3.63, 3.8) is 0 Å². The summed E-state index contributed by atoms with van der Waals surface area (Å²) >= 11 is 0. The topological polar surface area (TPSA) is 32.3 Å². The number of piperazine rings is 1. The average molecular weight is 323 g/mol. The van der Waals surface area contributed by atoms with E-state index < -0.39 is 5.82 Å². The lowest BCUT2D eigenvalue weighted by Crippen LogP contribution is -2.50. The molecule has 0 aliphatic carbocycles. The molecule has 0 amide bonds. The molecule has 1 aliphatic heterocycles. The highest BCUT2D eigenvalue weighted by atomic mass is 35.5. The molecule has 0 saturated carbocycles. The van der Waals surface area contributed by atoms with Crippen LogP contribution in [0.15, 0.2) is 24.3 Å². The van der Waals surface area contributed by atoms with Crippen LogP contribution < -0.4 is 5.32 Å². The Morgan fingerprint density at radius 3 is 2.75 bits per heavy atom. The van der Waals surface area contributed by atoms with Gasteiger partial charge in [-0.2, -0.15) is 0 Å². The van der Waals surface area contributed by atoms with Crippen LogP contribution in [0.3, 0.4) is 0 Å². The first-order valence-corrected chi connectivity index (χ1v) is 6.41. The number of Topliss-reactive ketones (excluding diaryl/α,β-unsaturated/α-hetero) is 1. The summed E-state index contributed by atoms with van der Waals surface area (Å²) in [5, 5.41) is 3.31. The summed E-state index contributed by atoms with van der Waals surface area (Å²) in [5.74, 6) is -0.533. The Labute approximate surface area is 131 Å². The molecule has 114 valence electrons. The molecule has 20 heavy (non-hydrogen) atoms. The highest BCUT2D eigenvalue weighted by Gasteiger charge is 2.19. The van der Waals surface area contributed by atoms with Gasteiger partial charge in [-0.25, -0.2) is 4.39 Å². The molecule has 1 fully saturated rings. The van der Waals surface area contributed by atoms with Gasteiger partial charge in [0.15, 0.2) is 5.78 Å². The van der Waals surface area contributed by atoms with Crippen molar-refractivity contribution in [2.75, 3.05) is 26.2 Å². The van der Waals surface area contributed by atoms with Crippen molar-refractivity contribution in [3.8, 4) is 0 Å². The third kappa shape index (κ3) is 5.02. The number of nitrogens with zero attached hydrogens (tertiary/aromatic N) is 1. The molecule has 1 atom stereocenters. The number of benzene rings is 1. The van der Waals surface area contributed by atoms with Crippen LogP contribution in [0.5, 0.6) is 0 Å². The number of carbonyl (C=O) groups excluding carboxylic acids is 1. The minimum Gasteiger partial charge on any atom is -0.314 e. The summed E-state index contributed by atoms with van der Waals surface area (Å²) in [7, 11) is 0. The Hall–Kier alpha value is -0.680.